The summed E-state index contributed by atoms with van der Waals surface area (Å²) in [5.41, 5.74) is 0. The van der Waals surface area contributed by atoms with Crippen molar-refractivity contribution in [3.8, 4) is 11.5 Å². The van der Waals surface area contributed by atoms with Gasteiger partial charge in [0.05, 0.1) is 19.3 Å². The number of likely N-dealkylation sites (tertiary alicyclic amines) is 1. The van der Waals surface area contributed by atoms with E-state index in [4.69, 9.17) is 13.9 Å². The molecule has 2 aliphatic rings. The summed E-state index contributed by atoms with van der Waals surface area (Å²) in [6.07, 6.45) is 3.17. The van der Waals surface area contributed by atoms with Crippen LogP contribution in [0.25, 0.3) is 0 Å². The average Bonchev–Trinajstić information content (AvgIpc) is 3.39. The molecule has 172 valence electrons. The van der Waals surface area contributed by atoms with Crippen molar-refractivity contribution in [1.82, 2.24) is 14.7 Å². The van der Waals surface area contributed by atoms with Crippen LogP contribution in [0.15, 0.2) is 47.1 Å². The molecular weight excluding hydrogens is 410 g/mol. The Morgan fingerprint density at radius 1 is 1.00 bits per heavy atom. The van der Waals surface area contributed by atoms with Gasteiger partial charge in [0.1, 0.15) is 18.1 Å². The van der Waals surface area contributed by atoms with Crippen molar-refractivity contribution in [3.63, 3.8) is 0 Å². The highest BCUT2D eigenvalue weighted by Gasteiger charge is 2.33. The van der Waals surface area contributed by atoms with E-state index >= 15 is 0 Å². The van der Waals surface area contributed by atoms with Crippen LogP contribution in [-0.2, 0) is 4.79 Å². The monoisotopic (exact) mass is 441 g/mol. The molecule has 2 aliphatic heterocycles. The summed E-state index contributed by atoms with van der Waals surface area (Å²) < 4.78 is 16.2. The van der Waals surface area contributed by atoms with Crippen LogP contribution in [0.5, 0.6) is 11.5 Å². The van der Waals surface area contributed by atoms with Crippen molar-refractivity contribution in [2.75, 3.05) is 59.5 Å². The van der Waals surface area contributed by atoms with Crippen molar-refractivity contribution in [2.45, 2.75) is 12.8 Å². The number of furan rings is 1. The van der Waals surface area contributed by atoms with Gasteiger partial charge >= 0.3 is 0 Å². The second-order valence-electron chi connectivity index (χ2n) is 8.26. The first kappa shape index (κ1) is 22.2. The third-order valence-electron chi connectivity index (χ3n) is 6.21. The number of ether oxygens (including phenoxy) is 2. The molecule has 3 heterocycles. The van der Waals surface area contributed by atoms with Gasteiger partial charge in [-0.05, 0) is 49.2 Å². The number of piperidine rings is 1. The molecular formula is C24H31N3O5. The number of carbonyl (C=O) groups excluding carboxylic acids is 2. The van der Waals surface area contributed by atoms with Gasteiger partial charge in [0.25, 0.3) is 5.91 Å². The number of amides is 2. The maximum absolute atomic E-state index is 13.1. The van der Waals surface area contributed by atoms with E-state index in [1.165, 1.54) is 6.26 Å². The quantitative estimate of drug-likeness (QED) is 0.657. The van der Waals surface area contributed by atoms with Gasteiger partial charge in [0.2, 0.25) is 5.91 Å². The summed E-state index contributed by atoms with van der Waals surface area (Å²) in [5.74, 6) is 1.87. The highest BCUT2D eigenvalue weighted by molar-refractivity contribution is 5.92. The van der Waals surface area contributed by atoms with E-state index in [1.54, 1.807) is 24.1 Å². The number of piperazine rings is 1. The average molecular weight is 442 g/mol. The van der Waals surface area contributed by atoms with Crippen LogP contribution in [0.1, 0.15) is 23.4 Å². The lowest BCUT2D eigenvalue weighted by atomic mass is 9.96. The van der Waals surface area contributed by atoms with Crippen LogP contribution in [0.2, 0.25) is 0 Å². The number of hydrogen-bond donors (Lipinski definition) is 0. The van der Waals surface area contributed by atoms with Crippen LogP contribution in [0, 0.1) is 5.92 Å². The predicted octanol–water partition coefficient (Wildman–Crippen LogP) is 2.36. The lowest BCUT2D eigenvalue weighted by Crippen LogP contribution is -2.53. The molecule has 1 aromatic heterocycles. The molecule has 2 fully saturated rings. The summed E-state index contributed by atoms with van der Waals surface area (Å²) >= 11 is 0. The fourth-order valence-corrected chi connectivity index (χ4v) is 4.33. The van der Waals surface area contributed by atoms with Crippen LogP contribution in [0.3, 0.4) is 0 Å². The second kappa shape index (κ2) is 10.5. The molecule has 0 radical (unpaired) electrons. The van der Waals surface area contributed by atoms with Crippen LogP contribution >= 0.6 is 0 Å². The number of benzene rings is 1. The normalized spacial score (nSPS) is 19.6. The Labute approximate surface area is 188 Å². The third-order valence-corrected chi connectivity index (χ3v) is 6.21. The van der Waals surface area contributed by atoms with Gasteiger partial charge in [0.15, 0.2) is 5.76 Å². The molecule has 1 aromatic carbocycles. The largest absolute Gasteiger partial charge is 0.497 e. The van der Waals surface area contributed by atoms with Crippen LogP contribution in [-0.4, -0.2) is 86.0 Å². The van der Waals surface area contributed by atoms with Gasteiger partial charge in [-0.15, -0.1) is 0 Å². The van der Waals surface area contributed by atoms with Crippen molar-refractivity contribution in [2.24, 2.45) is 5.92 Å². The Bertz CT molecular complexity index is 876. The van der Waals surface area contributed by atoms with Gasteiger partial charge in [-0.25, -0.2) is 0 Å². The third kappa shape index (κ3) is 5.43. The van der Waals surface area contributed by atoms with Gasteiger partial charge in [0, 0.05) is 45.8 Å². The molecule has 2 amide bonds. The molecule has 0 aliphatic carbocycles. The van der Waals surface area contributed by atoms with Crippen molar-refractivity contribution < 1.29 is 23.5 Å². The first-order valence-corrected chi connectivity index (χ1v) is 11.2. The summed E-state index contributed by atoms with van der Waals surface area (Å²) in [4.78, 5) is 31.7. The fraction of sp³-hybridized carbons (Fsp3) is 0.500. The van der Waals surface area contributed by atoms with Crippen LogP contribution < -0.4 is 9.47 Å². The first-order valence-electron chi connectivity index (χ1n) is 11.2. The van der Waals surface area contributed by atoms with E-state index in [0.717, 1.165) is 44.0 Å². The molecule has 0 bridgehead atoms. The summed E-state index contributed by atoms with van der Waals surface area (Å²) in [7, 11) is 1.64. The number of rotatable bonds is 7. The minimum atomic E-state index is -0.132. The van der Waals surface area contributed by atoms with Crippen molar-refractivity contribution in [1.29, 1.82) is 0 Å². The zero-order valence-electron chi connectivity index (χ0n) is 18.6. The van der Waals surface area contributed by atoms with Gasteiger partial charge in [-0.2, -0.15) is 0 Å². The highest BCUT2D eigenvalue weighted by Crippen LogP contribution is 2.22. The van der Waals surface area contributed by atoms with Gasteiger partial charge < -0.3 is 23.7 Å². The molecule has 0 saturated carbocycles. The maximum atomic E-state index is 13.1. The summed E-state index contributed by atoms with van der Waals surface area (Å²) in [6.45, 7) is 5.65. The minimum absolute atomic E-state index is 0.130. The standard InChI is InChI=1S/C24H31N3O5/c1-30-20-6-8-21(9-7-20)31-17-15-25-11-13-26(14-12-25)23(28)19-4-2-10-27(18-19)24(29)22-5-3-16-32-22/h3,5-9,16,19H,2,4,10-15,17-18H2,1H3. The Hall–Kier alpha value is -3.00. The van der Waals surface area contributed by atoms with E-state index < -0.39 is 0 Å². The molecule has 0 spiro atoms. The van der Waals surface area contributed by atoms with Gasteiger partial charge in [-0.3, -0.25) is 14.5 Å². The first-order chi connectivity index (χ1) is 15.6. The number of carbonyl (C=O) groups is 2. The lowest BCUT2D eigenvalue weighted by Gasteiger charge is -2.38. The van der Waals surface area contributed by atoms with E-state index in [-0.39, 0.29) is 17.7 Å². The Morgan fingerprint density at radius 3 is 2.44 bits per heavy atom. The number of methoxy groups -OCH3 is 1. The van der Waals surface area contributed by atoms with Crippen LogP contribution in [0.4, 0.5) is 0 Å². The number of hydrogen-bond acceptors (Lipinski definition) is 6. The van der Waals surface area contributed by atoms with Crippen molar-refractivity contribution in [3.05, 3.63) is 48.4 Å². The summed E-state index contributed by atoms with van der Waals surface area (Å²) in [6, 6.07) is 11.0. The fourth-order valence-electron chi connectivity index (χ4n) is 4.33. The zero-order valence-corrected chi connectivity index (χ0v) is 18.6. The van der Waals surface area contributed by atoms with E-state index in [9.17, 15) is 9.59 Å². The topological polar surface area (TPSA) is 75.5 Å². The maximum Gasteiger partial charge on any atom is 0.289 e. The number of nitrogens with zero attached hydrogens (tertiary/aromatic N) is 3. The predicted molar refractivity (Wildman–Crippen MR) is 119 cm³/mol. The molecule has 2 saturated heterocycles. The van der Waals surface area contributed by atoms with E-state index in [2.05, 4.69) is 4.90 Å². The molecule has 2 aromatic rings. The Morgan fingerprint density at radius 2 is 1.75 bits per heavy atom. The molecule has 1 unspecified atom stereocenters. The second-order valence-corrected chi connectivity index (χ2v) is 8.26. The lowest BCUT2D eigenvalue weighted by molar-refractivity contribution is -0.138. The van der Waals surface area contributed by atoms with Crippen molar-refractivity contribution >= 4 is 11.8 Å². The highest BCUT2D eigenvalue weighted by atomic mass is 16.5. The minimum Gasteiger partial charge on any atom is -0.497 e. The molecule has 32 heavy (non-hydrogen) atoms. The zero-order chi connectivity index (χ0) is 22.3. The summed E-state index contributed by atoms with van der Waals surface area (Å²) in [5, 5.41) is 0. The SMILES string of the molecule is COc1ccc(OCCN2CCN(C(=O)C3CCCN(C(=O)c4ccco4)C3)CC2)cc1. The molecule has 0 N–H and O–H groups in total. The Balaban J connectivity index is 1.19. The van der Waals surface area contributed by atoms with Gasteiger partial charge in [-0.1, -0.05) is 0 Å². The molecule has 8 nitrogen and oxygen atoms in total. The molecule has 4 rings (SSSR count). The Kier molecular flexibility index (Phi) is 7.32. The molecule has 8 heteroatoms. The van der Waals surface area contributed by atoms with E-state index in [0.29, 0.717) is 38.5 Å². The van der Waals surface area contributed by atoms with E-state index in [1.807, 2.05) is 29.2 Å². The molecule has 1 atom stereocenters. The smallest absolute Gasteiger partial charge is 0.289 e.